The van der Waals surface area contributed by atoms with Crippen LogP contribution in [0.25, 0.3) is 11.1 Å². The summed E-state index contributed by atoms with van der Waals surface area (Å²) in [5.41, 5.74) is -1.60. The Labute approximate surface area is 192 Å². The first kappa shape index (κ1) is 23.0. The number of aromatic nitrogens is 1. The largest absolute Gasteiger partial charge is 0.384 e. The molecule has 3 aromatic rings. The fourth-order valence-electron chi connectivity index (χ4n) is 3.76. The topological polar surface area (TPSA) is 84.3 Å². The van der Waals surface area contributed by atoms with Gasteiger partial charge in [-0.25, -0.2) is 27.3 Å². The number of carbonyl (C=O) groups is 1. The second-order valence-corrected chi connectivity index (χ2v) is 7.48. The normalized spacial score (nSPS) is 12.7. The highest BCUT2D eigenvalue weighted by Gasteiger charge is 2.37. The molecule has 0 spiro atoms. The molecule has 1 aliphatic rings. The number of nitrogens with one attached hydrogen (secondary N) is 2. The molecule has 0 saturated carbocycles. The van der Waals surface area contributed by atoms with Crippen molar-refractivity contribution in [3.63, 3.8) is 0 Å². The van der Waals surface area contributed by atoms with E-state index in [9.17, 15) is 14.4 Å². The van der Waals surface area contributed by atoms with Crippen LogP contribution in [-0.4, -0.2) is 38.2 Å². The second-order valence-electron chi connectivity index (χ2n) is 7.48. The van der Waals surface area contributed by atoms with E-state index in [2.05, 4.69) is 15.6 Å². The molecule has 34 heavy (non-hydrogen) atoms. The quantitative estimate of drug-likeness (QED) is 0.423. The summed E-state index contributed by atoms with van der Waals surface area (Å²) in [6.45, 7) is 0.915. The minimum atomic E-state index is -1.10. The maximum Gasteiger partial charge on any atom is 0.334 e. The van der Waals surface area contributed by atoms with Crippen LogP contribution in [0.4, 0.5) is 45.2 Å². The van der Waals surface area contributed by atoms with Crippen molar-refractivity contribution in [3.8, 4) is 17.2 Å². The van der Waals surface area contributed by atoms with Gasteiger partial charge in [-0.2, -0.15) is 5.26 Å². The van der Waals surface area contributed by atoms with Gasteiger partial charge >= 0.3 is 6.03 Å². The molecule has 7 nitrogen and oxygen atoms in total. The van der Waals surface area contributed by atoms with E-state index in [1.54, 1.807) is 13.1 Å². The monoisotopic (exact) mass is 470 g/mol. The maximum absolute atomic E-state index is 15.3. The van der Waals surface area contributed by atoms with Gasteiger partial charge in [0.1, 0.15) is 23.1 Å². The van der Waals surface area contributed by atoms with Crippen LogP contribution in [0, 0.1) is 34.6 Å². The van der Waals surface area contributed by atoms with Gasteiger partial charge in [0.25, 0.3) is 0 Å². The van der Waals surface area contributed by atoms with Crippen LogP contribution in [0.15, 0.2) is 36.5 Å². The van der Waals surface area contributed by atoms with E-state index in [1.165, 1.54) is 7.05 Å². The van der Waals surface area contributed by atoms with E-state index in [4.69, 9.17) is 0 Å². The molecule has 174 valence electrons. The highest BCUT2D eigenvalue weighted by atomic mass is 19.1. The van der Waals surface area contributed by atoms with Crippen molar-refractivity contribution in [1.82, 2.24) is 10.3 Å². The number of halogens is 4. The van der Waals surface area contributed by atoms with Gasteiger partial charge in [0.2, 0.25) is 0 Å². The number of hydrogen-bond donors (Lipinski definition) is 2. The third-order valence-corrected chi connectivity index (χ3v) is 5.28. The number of urea groups is 1. The molecule has 1 aliphatic heterocycles. The Hall–Kier alpha value is -4.17. The highest BCUT2D eigenvalue weighted by Crippen LogP contribution is 2.46. The Morgan fingerprint density at radius 2 is 1.74 bits per heavy atom. The minimum Gasteiger partial charge on any atom is -0.384 e. The smallest absolute Gasteiger partial charge is 0.334 e. The van der Waals surface area contributed by atoms with Gasteiger partial charge in [-0.05, 0) is 37.4 Å². The molecule has 11 heteroatoms. The number of hydrogen-bond acceptors (Lipinski definition) is 5. The molecule has 0 unspecified atom stereocenters. The molecule has 0 aliphatic carbocycles. The number of benzene rings is 2. The third kappa shape index (κ3) is 3.88. The molecule has 2 heterocycles. The lowest BCUT2D eigenvalue weighted by atomic mass is 10.0. The lowest BCUT2D eigenvalue weighted by Crippen LogP contribution is -2.39. The lowest BCUT2D eigenvalue weighted by Gasteiger charge is -2.27. The molecular weight excluding hydrogens is 452 g/mol. The standard InChI is InChI=1S/C23H18F4N6O/c1-29-3-4-30-14-8-17(26)21(18(27)9-14)33-19-6-12(10-28)5-16(25)20(19)15-7-13(24)11-31-22(15)32(2)23(33)34/h5-9,11,29-30H,3-4H2,1-2H3. The van der Waals surface area contributed by atoms with Crippen LogP contribution in [-0.2, 0) is 0 Å². The fraction of sp³-hybridized carbons (Fsp3) is 0.174. The van der Waals surface area contributed by atoms with Gasteiger partial charge in [-0.3, -0.25) is 9.80 Å². The number of amides is 2. The summed E-state index contributed by atoms with van der Waals surface area (Å²) in [4.78, 5) is 18.9. The van der Waals surface area contributed by atoms with Gasteiger partial charge in [0.05, 0.1) is 23.5 Å². The Balaban J connectivity index is 1.98. The minimum absolute atomic E-state index is 0.110. The van der Waals surface area contributed by atoms with E-state index in [0.717, 1.165) is 41.4 Å². The van der Waals surface area contributed by atoms with Crippen LogP contribution in [0.2, 0.25) is 0 Å². The van der Waals surface area contributed by atoms with Crippen molar-refractivity contribution < 1.29 is 22.4 Å². The molecule has 0 saturated heterocycles. The zero-order valence-electron chi connectivity index (χ0n) is 18.1. The molecule has 2 N–H and O–H groups in total. The first-order chi connectivity index (χ1) is 16.3. The number of rotatable bonds is 5. The van der Waals surface area contributed by atoms with Crippen LogP contribution in [0.1, 0.15) is 5.56 Å². The zero-order valence-corrected chi connectivity index (χ0v) is 18.1. The predicted molar refractivity (Wildman–Crippen MR) is 119 cm³/mol. The first-order valence-corrected chi connectivity index (χ1v) is 10.1. The van der Waals surface area contributed by atoms with E-state index in [0.29, 0.717) is 18.0 Å². The molecule has 4 rings (SSSR count). The van der Waals surface area contributed by atoms with Crippen LogP contribution >= 0.6 is 0 Å². The number of nitrogens with zero attached hydrogens (tertiary/aromatic N) is 4. The van der Waals surface area contributed by atoms with Gasteiger partial charge in [-0.15, -0.1) is 0 Å². The van der Waals surface area contributed by atoms with Gasteiger partial charge < -0.3 is 10.6 Å². The molecule has 0 bridgehead atoms. The van der Waals surface area contributed by atoms with Crippen molar-refractivity contribution in [2.75, 3.05) is 42.3 Å². The number of pyridine rings is 1. The van der Waals surface area contributed by atoms with Crippen molar-refractivity contribution in [2.24, 2.45) is 0 Å². The fourth-order valence-corrected chi connectivity index (χ4v) is 3.76. The van der Waals surface area contributed by atoms with Crippen molar-refractivity contribution in [2.45, 2.75) is 0 Å². The van der Waals surface area contributed by atoms with Crippen LogP contribution < -0.4 is 20.4 Å². The SMILES string of the molecule is CNCCNc1cc(F)c(N2C(=O)N(C)c3ncc(F)cc3-c3c(F)cc(C#N)cc32)c(F)c1. The van der Waals surface area contributed by atoms with Gasteiger partial charge in [0.15, 0.2) is 11.6 Å². The molecule has 1 aromatic heterocycles. The number of fused-ring (bicyclic) bond motifs is 3. The second kappa shape index (κ2) is 8.99. The average molecular weight is 470 g/mol. The maximum atomic E-state index is 15.3. The van der Waals surface area contributed by atoms with E-state index in [-0.39, 0.29) is 33.9 Å². The van der Waals surface area contributed by atoms with Crippen molar-refractivity contribution in [3.05, 3.63) is 65.4 Å². The molecule has 0 radical (unpaired) electrons. The summed E-state index contributed by atoms with van der Waals surface area (Å²) in [6.07, 6.45) is 0.840. The summed E-state index contributed by atoms with van der Waals surface area (Å²) >= 11 is 0. The first-order valence-electron chi connectivity index (χ1n) is 10.1. The van der Waals surface area contributed by atoms with Crippen LogP contribution in [0.3, 0.4) is 0 Å². The molecule has 0 atom stereocenters. The third-order valence-electron chi connectivity index (χ3n) is 5.28. The van der Waals surface area contributed by atoms with Crippen LogP contribution in [0.5, 0.6) is 0 Å². The number of likely N-dealkylation sites (N-methyl/N-ethyl adjacent to an activating group) is 1. The number of nitriles is 1. The lowest BCUT2D eigenvalue weighted by molar-refractivity contribution is 0.254. The summed E-state index contributed by atoms with van der Waals surface area (Å²) < 4.78 is 59.8. The van der Waals surface area contributed by atoms with Crippen molar-refractivity contribution in [1.29, 1.82) is 5.26 Å². The Kier molecular flexibility index (Phi) is 6.08. The van der Waals surface area contributed by atoms with E-state index >= 15 is 13.2 Å². The van der Waals surface area contributed by atoms with Crippen molar-refractivity contribution >= 4 is 28.9 Å². The highest BCUT2D eigenvalue weighted by molar-refractivity contribution is 6.14. The molecule has 2 aromatic carbocycles. The summed E-state index contributed by atoms with van der Waals surface area (Å²) in [5.74, 6) is -4.12. The van der Waals surface area contributed by atoms with E-state index < -0.39 is 35.0 Å². The Morgan fingerprint density at radius 3 is 2.38 bits per heavy atom. The number of anilines is 4. The Morgan fingerprint density at radius 1 is 1.03 bits per heavy atom. The predicted octanol–water partition coefficient (Wildman–Crippen LogP) is 4.52. The summed E-state index contributed by atoms with van der Waals surface area (Å²) in [7, 11) is 2.98. The molecule has 0 fully saturated rings. The van der Waals surface area contributed by atoms with Gasteiger partial charge in [0, 0.05) is 37.0 Å². The zero-order chi connectivity index (χ0) is 24.6. The van der Waals surface area contributed by atoms with E-state index in [1.807, 2.05) is 0 Å². The molecule has 2 amide bonds. The Bertz CT molecular complexity index is 1320. The number of carbonyl (C=O) groups excluding carboxylic acids is 1. The molecular formula is C23H18F4N6O. The van der Waals surface area contributed by atoms with Gasteiger partial charge in [-0.1, -0.05) is 0 Å². The summed E-state index contributed by atoms with van der Waals surface area (Å²) in [5, 5.41) is 15.1. The summed E-state index contributed by atoms with van der Waals surface area (Å²) in [6, 6.07) is 5.74. The average Bonchev–Trinajstić information content (AvgIpc) is 2.88.